The highest BCUT2D eigenvalue weighted by Crippen LogP contribution is 2.28. The maximum Gasteiger partial charge on any atom is 0.240 e. The van der Waals surface area contributed by atoms with Crippen molar-refractivity contribution in [1.29, 1.82) is 0 Å². The number of benzene rings is 1. The van der Waals surface area contributed by atoms with Gasteiger partial charge < -0.3 is 10.1 Å². The van der Waals surface area contributed by atoms with Crippen LogP contribution in [0.1, 0.15) is 19.3 Å². The summed E-state index contributed by atoms with van der Waals surface area (Å²) in [6, 6.07) is 6.74. The molecule has 0 aliphatic heterocycles. The first kappa shape index (κ1) is 15.3. The molecular formula is C14H22N2O3S. The van der Waals surface area contributed by atoms with Gasteiger partial charge in [0.15, 0.2) is 0 Å². The Morgan fingerprint density at radius 3 is 2.55 bits per heavy atom. The molecule has 1 aromatic carbocycles. The number of anilines is 1. The highest BCUT2D eigenvalue weighted by atomic mass is 32.2. The number of sulfonamides is 1. The Balaban J connectivity index is 1.67. The zero-order valence-corrected chi connectivity index (χ0v) is 12.6. The fourth-order valence-corrected chi connectivity index (χ4v) is 2.54. The predicted octanol–water partition coefficient (Wildman–Crippen LogP) is 1.82. The highest BCUT2D eigenvalue weighted by Gasteiger charge is 2.20. The van der Waals surface area contributed by atoms with Gasteiger partial charge in [-0.15, -0.1) is 0 Å². The molecular weight excluding hydrogens is 276 g/mol. The van der Waals surface area contributed by atoms with E-state index in [1.54, 1.807) is 24.3 Å². The summed E-state index contributed by atoms with van der Waals surface area (Å²) in [5.41, 5.74) is 0.919. The van der Waals surface area contributed by atoms with E-state index in [0.717, 1.165) is 37.8 Å². The summed E-state index contributed by atoms with van der Waals surface area (Å²) in [4.78, 5) is 0.276. The molecule has 1 aliphatic carbocycles. The SMILES string of the molecule is CNS(=O)(=O)c1ccc(NCCCOCC2CC2)cc1. The molecule has 0 amide bonds. The Bertz CT molecular complexity index is 510. The summed E-state index contributed by atoms with van der Waals surface area (Å²) < 4.78 is 31.0. The number of hydrogen-bond donors (Lipinski definition) is 2. The number of ether oxygens (including phenoxy) is 1. The first-order chi connectivity index (χ1) is 9.62. The van der Waals surface area contributed by atoms with Crippen molar-refractivity contribution in [3.63, 3.8) is 0 Å². The van der Waals surface area contributed by atoms with E-state index in [-0.39, 0.29) is 4.90 Å². The standard InChI is InChI=1S/C14H22N2O3S/c1-15-20(17,18)14-7-5-13(6-8-14)16-9-2-10-19-11-12-3-4-12/h5-8,12,15-16H,2-4,9-11H2,1H3. The summed E-state index contributed by atoms with van der Waals surface area (Å²) in [5, 5.41) is 3.25. The molecule has 0 spiro atoms. The average molecular weight is 298 g/mol. The van der Waals surface area contributed by atoms with Gasteiger partial charge in [-0.2, -0.15) is 0 Å². The van der Waals surface area contributed by atoms with Crippen molar-refractivity contribution in [3.05, 3.63) is 24.3 Å². The lowest BCUT2D eigenvalue weighted by molar-refractivity contribution is 0.124. The first-order valence-electron chi connectivity index (χ1n) is 6.97. The van der Waals surface area contributed by atoms with E-state index in [2.05, 4.69) is 10.0 Å². The van der Waals surface area contributed by atoms with E-state index < -0.39 is 10.0 Å². The van der Waals surface area contributed by atoms with Gasteiger partial charge in [0.05, 0.1) is 4.90 Å². The molecule has 0 saturated heterocycles. The van der Waals surface area contributed by atoms with E-state index in [1.807, 2.05) is 0 Å². The molecule has 1 fully saturated rings. The molecule has 0 radical (unpaired) electrons. The van der Waals surface area contributed by atoms with Crippen LogP contribution in [0.15, 0.2) is 29.2 Å². The normalized spacial score (nSPS) is 15.2. The van der Waals surface area contributed by atoms with Crippen molar-refractivity contribution in [2.24, 2.45) is 5.92 Å². The van der Waals surface area contributed by atoms with E-state index >= 15 is 0 Å². The molecule has 1 aromatic rings. The topological polar surface area (TPSA) is 67.4 Å². The minimum absolute atomic E-state index is 0.276. The fourth-order valence-electron chi connectivity index (χ4n) is 1.81. The molecule has 1 saturated carbocycles. The van der Waals surface area contributed by atoms with Crippen molar-refractivity contribution in [1.82, 2.24) is 4.72 Å². The Kier molecular flexibility index (Phi) is 5.39. The Labute approximate surface area is 120 Å². The summed E-state index contributed by atoms with van der Waals surface area (Å²) >= 11 is 0. The highest BCUT2D eigenvalue weighted by molar-refractivity contribution is 7.89. The number of nitrogens with one attached hydrogen (secondary N) is 2. The largest absolute Gasteiger partial charge is 0.385 e. The van der Waals surface area contributed by atoms with Gasteiger partial charge in [0.25, 0.3) is 0 Å². The van der Waals surface area contributed by atoms with Crippen LogP contribution >= 0.6 is 0 Å². The smallest absolute Gasteiger partial charge is 0.240 e. The van der Waals surface area contributed by atoms with Gasteiger partial charge in [0, 0.05) is 25.4 Å². The van der Waals surface area contributed by atoms with E-state index in [0.29, 0.717) is 0 Å². The molecule has 0 aromatic heterocycles. The lowest BCUT2D eigenvalue weighted by atomic mass is 10.3. The molecule has 0 atom stereocenters. The summed E-state index contributed by atoms with van der Waals surface area (Å²) in [6.45, 7) is 2.50. The molecule has 6 heteroatoms. The van der Waals surface area contributed by atoms with Crippen molar-refractivity contribution in [2.45, 2.75) is 24.2 Å². The van der Waals surface area contributed by atoms with Gasteiger partial charge in [-0.3, -0.25) is 0 Å². The van der Waals surface area contributed by atoms with Crippen LogP contribution in [0.5, 0.6) is 0 Å². The molecule has 112 valence electrons. The molecule has 2 rings (SSSR count). The second-order valence-electron chi connectivity index (χ2n) is 5.03. The van der Waals surface area contributed by atoms with Crippen LogP contribution in [0.2, 0.25) is 0 Å². The lowest BCUT2D eigenvalue weighted by Crippen LogP contribution is -2.18. The van der Waals surface area contributed by atoms with E-state index in [1.165, 1.54) is 19.9 Å². The minimum atomic E-state index is -3.35. The van der Waals surface area contributed by atoms with Gasteiger partial charge >= 0.3 is 0 Å². The van der Waals surface area contributed by atoms with E-state index in [4.69, 9.17) is 4.74 Å². The maximum absolute atomic E-state index is 11.6. The number of hydrogen-bond acceptors (Lipinski definition) is 4. The molecule has 0 unspecified atom stereocenters. The average Bonchev–Trinajstić information content (AvgIpc) is 3.27. The van der Waals surface area contributed by atoms with Crippen LogP contribution in [0.3, 0.4) is 0 Å². The minimum Gasteiger partial charge on any atom is -0.385 e. The molecule has 0 heterocycles. The van der Waals surface area contributed by atoms with Gasteiger partial charge in [-0.05, 0) is 56.5 Å². The van der Waals surface area contributed by atoms with E-state index in [9.17, 15) is 8.42 Å². The lowest BCUT2D eigenvalue weighted by Gasteiger charge is -2.08. The quantitative estimate of drug-likeness (QED) is 0.683. The Morgan fingerprint density at radius 1 is 1.25 bits per heavy atom. The molecule has 0 bridgehead atoms. The second kappa shape index (κ2) is 7.06. The monoisotopic (exact) mass is 298 g/mol. The van der Waals surface area contributed by atoms with Gasteiger partial charge in [-0.25, -0.2) is 13.1 Å². The summed E-state index contributed by atoms with van der Waals surface area (Å²) in [5.74, 6) is 0.810. The third-order valence-corrected chi connectivity index (χ3v) is 4.71. The molecule has 1 aliphatic rings. The molecule has 2 N–H and O–H groups in total. The van der Waals surface area contributed by atoms with Crippen molar-refractivity contribution in [3.8, 4) is 0 Å². The first-order valence-corrected chi connectivity index (χ1v) is 8.45. The Hall–Kier alpha value is -1.11. The van der Waals surface area contributed by atoms with Crippen LogP contribution in [0, 0.1) is 5.92 Å². The van der Waals surface area contributed by atoms with Gasteiger partial charge in [0.1, 0.15) is 0 Å². The fraction of sp³-hybridized carbons (Fsp3) is 0.571. The third-order valence-electron chi connectivity index (χ3n) is 3.28. The predicted molar refractivity (Wildman–Crippen MR) is 79.3 cm³/mol. The molecule has 5 nitrogen and oxygen atoms in total. The third kappa shape index (κ3) is 4.77. The van der Waals surface area contributed by atoms with Crippen LogP contribution in [-0.4, -0.2) is 35.2 Å². The zero-order chi connectivity index (χ0) is 14.4. The van der Waals surface area contributed by atoms with Crippen LogP contribution in [0.25, 0.3) is 0 Å². The van der Waals surface area contributed by atoms with Crippen LogP contribution in [-0.2, 0) is 14.8 Å². The maximum atomic E-state index is 11.6. The van der Waals surface area contributed by atoms with Crippen LogP contribution < -0.4 is 10.0 Å². The van der Waals surface area contributed by atoms with Crippen molar-refractivity contribution < 1.29 is 13.2 Å². The van der Waals surface area contributed by atoms with Crippen LogP contribution in [0.4, 0.5) is 5.69 Å². The van der Waals surface area contributed by atoms with Gasteiger partial charge in [0.2, 0.25) is 10.0 Å². The Morgan fingerprint density at radius 2 is 1.95 bits per heavy atom. The number of rotatable bonds is 9. The van der Waals surface area contributed by atoms with Gasteiger partial charge in [-0.1, -0.05) is 0 Å². The molecule has 20 heavy (non-hydrogen) atoms. The zero-order valence-electron chi connectivity index (χ0n) is 11.8. The van der Waals surface area contributed by atoms with Crippen molar-refractivity contribution >= 4 is 15.7 Å². The summed E-state index contributed by atoms with van der Waals surface area (Å²) in [6.07, 6.45) is 3.59. The summed E-state index contributed by atoms with van der Waals surface area (Å²) in [7, 11) is -1.94. The second-order valence-corrected chi connectivity index (χ2v) is 6.92. The van der Waals surface area contributed by atoms with Crippen molar-refractivity contribution in [2.75, 3.05) is 32.1 Å².